The molecule has 1 aliphatic carbocycles. The van der Waals surface area contributed by atoms with Crippen LogP contribution in [0.5, 0.6) is 0 Å². The maximum absolute atomic E-state index is 12.1. The van der Waals surface area contributed by atoms with Crippen LogP contribution in [0.3, 0.4) is 0 Å². The maximum atomic E-state index is 12.1. The van der Waals surface area contributed by atoms with Gasteiger partial charge in [0.15, 0.2) is 0 Å². The maximum Gasteiger partial charge on any atom is 0.291 e. The number of nitrogens with zero attached hydrogens (tertiary/aromatic N) is 2. The van der Waals surface area contributed by atoms with E-state index in [1.165, 1.54) is 10.9 Å². The van der Waals surface area contributed by atoms with Gasteiger partial charge in [-0.15, -0.1) is 0 Å². The van der Waals surface area contributed by atoms with Crippen molar-refractivity contribution in [3.8, 4) is 0 Å². The molecule has 0 radical (unpaired) electrons. The van der Waals surface area contributed by atoms with Crippen molar-refractivity contribution in [3.63, 3.8) is 0 Å². The van der Waals surface area contributed by atoms with Crippen LogP contribution in [0, 0.1) is 5.92 Å². The lowest BCUT2D eigenvalue weighted by atomic mass is 10.3. The Morgan fingerprint density at radius 2 is 2.39 bits per heavy atom. The second kappa shape index (κ2) is 5.71. The minimum Gasteiger partial charge on any atom is -0.391 e. The lowest BCUT2D eigenvalue weighted by molar-refractivity contribution is 0.183. The summed E-state index contributed by atoms with van der Waals surface area (Å²) < 4.78 is 1.45. The van der Waals surface area contributed by atoms with Gasteiger partial charge in [-0.2, -0.15) is 5.10 Å². The van der Waals surface area contributed by atoms with Gasteiger partial charge < -0.3 is 10.4 Å². The third-order valence-electron chi connectivity index (χ3n) is 3.11. The number of halogens is 1. The molecular weight excluding hydrogens is 254 g/mol. The van der Waals surface area contributed by atoms with Gasteiger partial charge in [-0.1, -0.05) is 18.5 Å². The fourth-order valence-electron chi connectivity index (χ4n) is 1.67. The summed E-state index contributed by atoms with van der Waals surface area (Å²) in [4.78, 5) is 12.1. The molecule has 0 aliphatic heterocycles. The molecule has 1 saturated carbocycles. The summed E-state index contributed by atoms with van der Waals surface area (Å²) in [5.74, 6) is 0.574. The number of aliphatic hydroxyl groups is 1. The van der Waals surface area contributed by atoms with Gasteiger partial charge in [-0.25, -0.2) is 4.68 Å². The highest BCUT2D eigenvalue weighted by Crippen LogP contribution is 2.30. The summed E-state index contributed by atoms with van der Waals surface area (Å²) in [6, 6.07) is 0. The van der Waals surface area contributed by atoms with E-state index in [2.05, 4.69) is 10.4 Å². The molecule has 1 fully saturated rings. The third kappa shape index (κ3) is 3.23. The molecule has 2 N–H and O–H groups in total. The highest BCUT2D eigenvalue weighted by atomic mass is 35.5. The molecule has 18 heavy (non-hydrogen) atoms. The molecule has 0 spiro atoms. The molecule has 0 amide bonds. The smallest absolute Gasteiger partial charge is 0.291 e. The normalized spacial score (nSPS) is 16.6. The van der Waals surface area contributed by atoms with Crippen LogP contribution in [0.1, 0.15) is 26.2 Å². The highest BCUT2D eigenvalue weighted by molar-refractivity contribution is 6.32. The van der Waals surface area contributed by atoms with E-state index in [0.29, 0.717) is 36.1 Å². The van der Waals surface area contributed by atoms with Gasteiger partial charge in [0.05, 0.1) is 17.3 Å². The number of hydrogen-bond acceptors (Lipinski definition) is 4. The summed E-state index contributed by atoms with van der Waals surface area (Å²) >= 11 is 5.96. The van der Waals surface area contributed by atoms with Crippen molar-refractivity contribution in [2.75, 3.05) is 11.9 Å². The third-order valence-corrected chi connectivity index (χ3v) is 3.40. The Morgan fingerprint density at radius 1 is 1.67 bits per heavy atom. The van der Waals surface area contributed by atoms with Gasteiger partial charge in [0.2, 0.25) is 0 Å². The molecule has 5 nitrogen and oxygen atoms in total. The molecule has 0 saturated heterocycles. The molecule has 1 aromatic heterocycles. The zero-order valence-corrected chi connectivity index (χ0v) is 11.2. The van der Waals surface area contributed by atoms with E-state index in [4.69, 9.17) is 11.6 Å². The molecule has 1 atom stereocenters. The Labute approximate surface area is 111 Å². The van der Waals surface area contributed by atoms with Crippen molar-refractivity contribution in [2.45, 2.75) is 38.8 Å². The molecule has 0 aromatic carbocycles. The second-order valence-electron chi connectivity index (χ2n) is 4.74. The molecule has 1 aromatic rings. The second-order valence-corrected chi connectivity index (χ2v) is 5.15. The largest absolute Gasteiger partial charge is 0.391 e. The van der Waals surface area contributed by atoms with Gasteiger partial charge >= 0.3 is 0 Å². The Hall–Kier alpha value is -1.07. The van der Waals surface area contributed by atoms with Gasteiger partial charge in [0, 0.05) is 13.1 Å². The zero-order chi connectivity index (χ0) is 13.1. The van der Waals surface area contributed by atoms with Gasteiger partial charge in [-0.05, 0) is 25.2 Å². The number of aromatic nitrogens is 2. The number of nitrogens with one attached hydrogen (secondary N) is 1. The van der Waals surface area contributed by atoms with Crippen molar-refractivity contribution < 1.29 is 5.11 Å². The molecule has 0 bridgehead atoms. The van der Waals surface area contributed by atoms with Crippen molar-refractivity contribution in [1.82, 2.24) is 9.78 Å². The topological polar surface area (TPSA) is 67.2 Å². The van der Waals surface area contributed by atoms with E-state index in [0.717, 1.165) is 12.8 Å². The van der Waals surface area contributed by atoms with E-state index in [1.54, 1.807) is 0 Å². The summed E-state index contributed by atoms with van der Waals surface area (Å²) in [5, 5.41) is 16.7. The highest BCUT2D eigenvalue weighted by Gasteiger charge is 2.23. The average molecular weight is 272 g/mol. The van der Waals surface area contributed by atoms with Gasteiger partial charge in [0.1, 0.15) is 5.69 Å². The Kier molecular flexibility index (Phi) is 4.24. The molecule has 1 aliphatic rings. The van der Waals surface area contributed by atoms with Crippen LogP contribution in [0.25, 0.3) is 0 Å². The van der Waals surface area contributed by atoms with Crippen LogP contribution < -0.4 is 10.9 Å². The van der Waals surface area contributed by atoms with Crippen molar-refractivity contribution in [2.24, 2.45) is 5.92 Å². The molecular formula is C12H18ClN3O2. The first kappa shape index (κ1) is 13.4. The zero-order valence-electron chi connectivity index (χ0n) is 10.4. The minimum absolute atomic E-state index is 0.210. The fourth-order valence-corrected chi connectivity index (χ4v) is 1.86. The lowest BCUT2D eigenvalue weighted by Crippen LogP contribution is -2.29. The predicted molar refractivity (Wildman–Crippen MR) is 71.0 cm³/mol. The van der Waals surface area contributed by atoms with Crippen molar-refractivity contribution >= 4 is 17.3 Å². The van der Waals surface area contributed by atoms with Crippen LogP contribution >= 0.6 is 11.6 Å². The van der Waals surface area contributed by atoms with Gasteiger partial charge in [-0.3, -0.25) is 4.79 Å². The van der Waals surface area contributed by atoms with E-state index in [1.807, 2.05) is 6.92 Å². The van der Waals surface area contributed by atoms with Crippen LogP contribution in [-0.4, -0.2) is 27.5 Å². The molecule has 6 heteroatoms. The first-order chi connectivity index (χ1) is 8.61. The van der Waals surface area contributed by atoms with Crippen molar-refractivity contribution in [3.05, 3.63) is 21.6 Å². The van der Waals surface area contributed by atoms with E-state index >= 15 is 0 Å². The van der Waals surface area contributed by atoms with E-state index in [-0.39, 0.29) is 5.56 Å². The number of aliphatic hydroxyl groups excluding tert-OH is 1. The van der Waals surface area contributed by atoms with Crippen molar-refractivity contribution in [1.29, 1.82) is 0 Å². The number of anilines is 1. The SMILES string of the molecule is CCC(O)CNc1c(Cl)cnn(CC2CC2)c1=O. The number of rotatable bonds is 6. The van der Waals surface area contributed by atoms with Crippen LogP contribution in [0.2, 0.25) is 5.02 Å². The lowest BCUT2D eigenvalue weighted by Gasteiger charge is -2.12. The summed E-state index contributed by atoms with van der Waals surface area (Å²) in [7, 11) is 0. The van der Waals surface area contributed by atoms with E-state index < -0.39 is 6.10 Å². The number of hydrogen-bond donors (Lipinski definition) is 2. The Morgan fingerprint density at radius 3 is 3.00 bits per heavy atom. The molecule has 1 heterocycles. The predicted octanol–water partition coefficient (Wildman–Crippen LogP) is 1.49. The van der Waals surface area contributed by atoms with Crippen LogP contribution in [0.4, 0.5) is 5.69 Å². The molecule has 100 valence electrons. The first-order valence-corrected chi connectivity index (χ1v) is 6.67. The van der Waals surface area contributed by atoms with Gasteiger partial charge in [0.25, 0.3) is 5.56 Å². The Bertz CT molecular complexity index is 471. The van der Waals surface area contributed by atoms with E-state index in [9.17, 15) is 9.90 Å². The molecule has 1 unspecified atom stereocenters. The molecule has 2 rings (SSSR count). The monoisotopic (exact) mass is 271 g/mol. The Balaban J connectivity index is 2.13. The standard InChI is InChI=1S/C12H18ClN3O2/c1-2-9(17)5-14-11-10(13)6-15-16(12(11)18)7-8-3-4-8/h6,8-9,14,17H,2-5,7H2,1H3. The first-order valence-electron chi connectivity index (χ1n) is 6.29. The van der Waals surface area contributed by atoms with Crippen LogP contribution in [0.15, 0.2) is 11.0 Å². The average Bonchev–Trinajstić information content (AvgIpc) is 3.16. The van der Waals surface area contributed by atoms with Crippen LogP contribution in [-0.2, 0) is 6.54 Å². The fraction of sp³-hybridized carbons (Fsp3) is 0.667. The summed E-state index contributed by atoms with van der Waals surface area (Å²) in [5.41, 5.74) is 0.123. The summed E-state index contributed by atoms with van der Waals surface area (Å²) in [6.45, 7) is 2.85. The quantitative estimate of drug-likeness (QED) is 0.823. The summed E-state index contributed by atoms with van der Waals surface area (Å²) in [6.07, 6.45) is 3.95. The minimum atomic E-state index is -0.481.